The Balaban J connectivity index is 1.77. The number of nitrogens with two attached hydrogens (primary N) is 1. The maximum Gasteiger partial charge on any atom is 0.269 e. The fraction of sp³-hybridized carbons (Fsp3) is 0.375. The highest BCUT2D eigenvalue weighted by Gasteiger charge is 2.17. The number of nitrogens with zero attached hydrogens (tertiary/aromatic N) is 1. The molecule has 3 rings (SSSR count). The van der Waals surface area contributed by atoms with Crippen LogP contribution < -0.4 is 11.1 Å². The van der Waals surface area contributed by atoms with Crippen LogP contribution in [0.15, 0.2) is 30.3 Å². The van der Waals surface area contributed by atoms with E-state index in [1.54, 1.807) is 6.07 Å². The molecular weight excluding hydrogens is 250 g/mol. The molecule has 1 aliphatic carbocycles. The van der Waals surface area contributed by atoms with Gasteiger partial charge in [-0.1, -0.05) is 31.0 Å². The molecule has 1 aromatic heterocycles. The third-order valence-electron chi connectivity index (χ3n) is 4.01. The SMILES string of the molecule is Nc1cc(C(=O)NCC2CCCC2)nc2ccccc12. The number of rotatable bonds is 3. The highest BCUT2D eigenvalue weighted by Crippen LogP contribution is 2.24. The molecule has 3 N–H and O–H groups in total. The molecule has 1 amide bonds. The monoisotopic (exact) mass is 269 g/mol. The standard InChI is InChI=1S/C16H19N3O/c17-13-9-15(19-14-8-4-3-7-12(13)14)16(20)18-10-11-5-1-2-6-11/h3-4,7-9,11H,1-2,5-6,10H2,(H2,17,19)(H,18,20). The molecule has 0 atom stereocenters. The van der Waals surface area contributed by atoms with Crippen LogP contribution >= 0.6 is 0 Å². The molecule has 1 aliphatic rings. The maximum atomic E-state index is 12.2. The Bertz CT molecular complexity index is 633. The van der Waals surface area contributed by atoms with E-state index in [2.05, 4.69) is 10.3 Å². The first kappa shape index (κ1) is 12.9. The zero-order valence-corrected chi connectivity index (χ0v) is 11.4. The molecule has 1 heterocycles. The fourth-order valence-electron chi connectivity index (χ4n) is 2.86. The van der Waals surface area contributed by atoms with E-state index in [0.29, 0.717) is 17.3 Å². The summed E-state index contributed by atoms with van der Waals surface area (Å²) in [6.07, 6.45) is 4.99. The minimum absolute atomic E-state index is 0.130. The van der Waals surface area contributed by atoms with Crippen LogP contribution in [0.2, 0.25) is 0 Å². The fourth-order valence-corrected chi connectivity index (χ4v) is 2.86. The number of anilines is 1. The van der Waals surface area contributed by atoms with Crippen LogP contribution in [-0.2, 0) is 0 Å². The summed E-state index contributed by atoms with van der Waals surface area (Å²) in [5.74, 6) is 0.492. The van der Waals surface area contributed by atoms with Crippen molar-refractivity contribution < 1.29 is 4.79 Å². The number of carbonyl (C=O) groups is 1. The average Bonchev–Trinajstić information content (AvgIpc) is 2.98. The van der Waals surface area contributed by atoms with Crippen molar-refractivity contribution >= 4 is 22.5 Å². The number of benzene rings is 1. The van der Waals surface area contributed by atoms with Crippen LogP contribution in [0.1, 0.15) is 36.2 Å². The molecule has 0 saturated heterocycles. The number of nitrogens with one attached hydrogen (secondary N) is 1. The van der Waals surface area contributed by atoms with Crippen molar-refractivity contribution in [3.63, 3.8) is 0 Å². The van der Waals surface area contributed by atoms with Gasteiger partial charge in [0.2, 0.25) is 0 Å². The molecule has 0 unspecified atom stereocenters. The molecule has 1 saturated carbocycles. The van der Waals surface area contributed by atoms with Crippen molar-refractivity contribution in [3.8, 4) is 0 Å². The van der Waals surface area contributed by atoms with Gasteiger partial charge in [-0.05, 0) is 30.9 Å². The molecule has 0 bridgehead atoms. The maximum absolute atomic E-state index is 12.2. The molecule has 4 heteroatoms. The van der Waals surface area contributed by atoms with E-state index in [-0.39, 0.29) is 5.91 Å². The second-order valence-electron chi connectivity index (χ2n) is 5.47. The van der Waals surface area contributed by atoms with Crippen molar-refractivity contribution in [2.45, 2.75) is 25.7 Å². The molecule has 1 fully saturated rings. The normalized spacial score (nSPS) is 15.6. The van der Waals surface area contributed by atoms with Gasteiger partial charge in [0.25, 0.3) is 5.91 Å². The first-order chi connectivity index (χ1) is 9.74. The van der Waals surface area contributed by atoms with Gasteiger partial charge >= 0.3 is 0 Å². The van der Waals surface area contributed by atoms with Gasteiger partial charge in [0, 0.05) is 17.6 Å². The third kappa shape index (κ3) is 2.59. The van der Waals surface area contributed by atoms with Crippen molar-refractivity contribution in [1.82, 2.24) is 10.3 Å². The molecule has 0 spiro atoms. The smallest absolute Gasteiger partial charge is 0.269 e. The number of para-hydroxylation sites is 1. The topological polar surface area (TPSA) is 68.0 Å². The van der Waals surface area contributed by atoms with E-state index < -0.39 is 0 Å². The Morgan fingerprint density at radius 1 is 1.30 bits per heavy atom. The van der Waals surface area contributed by atoms with Crippen molar-refractivity contribution in [2.24, 2.45) is 5.92 Å². The molecular formula is C16H19N3O. The van der Waals surface area contributed by atoms with Crippen LogP contribution in [0.4, 0.5) is 5.69 Å². The lowest BCUT2D eigenvalue weighted by molar-refractivity contribution is 0.0943. The van der Waals surface area contributed by atoms with E-state index in [4.69, 9.17) is 5.73 Å². The van der Waals surface area contributed by atoms with Gasteiger partial charge in [-0.15, -0.1) is 0 Å². The highest BCUT2D eigenvalue weighted by atomic mass is 16.1. The Labute approximate surface area is 118 Å². The van der Waals surface area contributed by atoms with E-state index in [1.165, 1.54) is 25.7 Å². The Hall–Kier alpha value is -2.10. The summed E-state index contributed by atoms with van der Waals surface area (Å²) in [7, 11) is 0. The van der Waals surface area contributed by atoms with Gasteiger partial charge < -0.3 is 11.1 Å². The van der Waals surface area contributed by atoms with Crippen LogP contribution in [0, 0.1) is 5.92 Å². The second kappa shape index (κ2) is 5.49. The number of pyridine rings is 1. The Kier molecular flexibility index (Phi) is 3.54. The zero-order valence-electron chi connectivity index (χ0n) is 11.4. The van der Waals surface area contributed by atoms with Gasteiger partial charge in [0.1, 0.15) is 5.69 Å². The van der Waals surface area contributed by atoms with E-state index >= 15 is 0 Å². The number of nitrogen functional groups attached to an aromatic ring is 1. The molecule has 0 aliphatic heterocycles. The summed E-state index contributed by atoms with van der Waals surface area (Å²) in [5.41, 5.74) is 7.76. The quantitative estimate of drug-likeness (QED) is 0.900. The molecule has 104 valence electrons. The summed E-state index contributed by atoms with van der Waals surface area (Å²) in [6.45, 7) is 0.743. The number of amides is 1. The second-order valence-corrected chi connectivity index (χ2v) is 5.47. The highest BCUT2D eigenvalue weighted by molar-refractivity contribution is 5.99. The Morgan fingerprint density at radius 3 is 2.85 bits per heavy atom. The van der Waals surface area contributed by atoms with E-state index in [1.807, 2.05) is 24.3 Å². The summed E-state index contributed by atoms with van der Waals surface area (Å²) >= 11 is 0. The van der Waals surface area contributed by atoms with Crippen molar-refractivity contribution in [1.29, 1.82) is 0 Å². The first-order valence-corrected chi connectivity index (χ1v) is 7.17. The third-order valence-corrected chi connectivity index (χ3v) is 4.01. The molecule has 0 radical (unpaired) electrons. The molecule has 4 nitrogen and oxygen atoms in total. The predicted molar refractivity (Wildman–Crippen MR) is 80.4 cm³/mol. The summed E-state index contributed by atoms with van der Waals surface area (Å²) in [4.78, 5) is 16.6. The lowest BCUT2D eigenvalue weighted by Gasteiger charge is -2.11. The van der Waals surface area contributed by atoms with E-state index in [9.17, 15) is 4.79 Å². The van der Waals surface area contributed by atoms with Crippen LogP contribution in [0.25, 0.3) is 10.9 Å². The van der Waals surface area contributed by atoms with Gasteiger partial charge in [0.15, 0.2) is 0 Å². The molecule has 1 aromatic carbocycles. The summed E-state index contributed by atoms with van der Waals surface area (Å²) < 4.78 is 0. The largest absolute Gasteiger partial charge is 0.398 e. The number of hydrogen-bond donors (Lipinski definition) is 2. The predicted octanol–water partition coefficient (Wildman–Crippen LogP) is 2.74. The van der Waals surface area contributed by atoms with Crippen molar-refractivity contribution in [2.75, 3.05) is 12.3 Å². The molecule has 2 aromatic rings. The van der Waals surface area contributed by atoms with Gasteiger partial charge in [0.05, 0.1) is 5.52 Å². The lowest BCUT2D eigenvalue weighted by atomic mass is 10.1. The van der Waals surface area contributed by atoms with Crippen LogP contribution in [0.5, 0.6) is 0 Å². The minimum atomic E-state index is -0.130. The molecule has 20 heavy (non-hydrogen) atoms. The summed E-state index contributed by atoms with van der Waals surface area (Å²) in [6, 6.07) is 9.26. The number of fused-ring (bicyclic) bond motifs is 1. The summed E-state index contributed by atoms with van der Waals surface area (Å²) in [5, 5.41) is 3.86. The lowest BCUT2D eigenvalue weighted by Crippen LogP contribution is -2.29. The minimum Gasteiger partial charge on any atom is -0.398 e. The number of carbonyl (C=O) groups excluding carboxylic acids is 1. The van der Waals surface area contributed by atoms with Crippen molar-refractivity contribution in [3.05, 3.63) is 36.0 Å². The van der Waals surface area contributed by atoms with Gasteiger partial charge in [-0.25, -0.2) is 4.98 Å². The van der Waals surface area contributed by atoms with Crippen LogP contribution in [0.3, 0.4) is 0 Å². The zero-order chi connectivity index (χ0) is 13.9. The number of hydrogen-bond acceptors (Lipinski definition) is 3. The van der Waals surface area contributed by atoms with Crippen LogP contribution in [-0.4, -0.2) is 17.4 Å². The number of aromatic nitrogens is 1. The first-order valence-electron chi connectivity index (χ1n) is 7.17. The Morgan fingerprint density at radius 2 is 2.05 bits per heavy atom. The van der Waals surface area contributed by atoms with Gasteiger partial charge in [-0.3, -0.25) is 4.79 Å². The average molecular weight is 269 g/mol. The van der Waals surface area contributed by atoms with Gasteiger partial charge in [-0.2, -0.15) is 0 Å². The van der Waals surface area contributed by atoms with E-state index in [0.717, 1.165) is 17.4 Å².